The monoisotopic (exact) mass is 395 g/mol. The molecule has 0 amide bonds. The lowest BCUT2D eigenvalue weighted by atomic mass is 9.56. The number of benzene rings is 2. The molecular formula is C23H25NO3S. The predicted octanol–water partition coefficient (Wildman–Crippen LogP) is 3.71. The van der Waals surface area contributed by atoms with E-state index in [4.69, 9.17) is 9.47 Å². The molecule has 0 spiro atoms. The maximum absolute atomic E-state index is 12.5. The molecule has 0 aromatic heterocycles. The minimum Gasteiger partial charge on any atom is -0.493 e. The average Bonchev–Trinajstić information content (AvgIpc) is 2.72. The van der Waals surface area contributed by atoms with E-state index in [-0.39, 0.29) is 5.41 Å². The highest BCUT2D eigenvalue weighted by molar-refractivity contribution is 8.13. The van der Waals surface area contributed by atoms with Crippen molar-refractivity contribution in [3.05, 3.63) is 59.2 Å². The Bertz CT molecular complexity index is 900. The number of thioether (sulfide) groups is 1. The molecule has 2 fully saturated rings. The van der Waals surface area contributed by atoms with Gasteiger partial charge in [-0.2, -0.15) is 0 Å². The molecule has 2 bridgehead atoms. The number of ether oxygens (including phenoxy) is 2. The molecule has 2 aromatic carbocycles. The summed E-state index contributed by atoms with van der Waals surface area (Å²) in [6, 6.07) is 14.8. The van der Waals surface area contributed by atoms with Gasteiger partial charge < -0.3 is 14.8 Å². The lowest BCUT2D eigenvalue weighted by molar-refractivity contribution is -0.113. The summed E-state index contributed by atoms with van der Waals surface area (Å²) in [6.45, 7) is 1.45. The fourth-order valence-electron chi connectivity index (χ4n) is 5.38. The molecule has 3 aliphatic rings. The number of fused-ring (bicyclic) bond motifs is 1. The molecule has 0 saturated carbocycles. The molecule has 4 nitrogen and oxygen atoms in total. The van der Waals surface area contributed by atoms with Crippen LogP contribution < -0.4 is 14.8 Å². The number of hydrogen-bond donors (Lipinski definition) is 1. The number of hydrogen-bond acceptors (Lipinski definition) is 5. The Labute approximate surface area is 170 Å². The fraction of sp³-hybridized carbons (Fsp3) is 0.435. The van der Waals surface area contributed by atoms with Crippen molar-refractivity contribution in [2.24, 2.45) is 5.92 Å². The van der Waals surface area contributed by atoms with E-state index in [1.807, 2.05) is 24.3 Å². The summed E-state index contributed by atoms with van der Waals surface area (Å²) in [5, 5.41) is 4.02. The summed E-state index contributed by atoms with van der Waals surface area (Å²) in [5.41, 5.74) is 3.54. The van der Waals surface area contributed by atoms with E-state index in [2.05, 4.69) is 23.5 Å². The summed E-state index contributed by atoms with van der Waals surface area (Å²) in [5.74, 6) is 2.97. The van der Waals surface area contributed by atoms with Crippen molar-refractivity contribution in [3.63, 3.8) is 0 Å². The Balaban J connectivity index is 1.62. The van der Waals surface area contributed by atoms with Crippen molar-refractivity contribution in [3.8, 4) is 11.5 Å². The largest absolute Gasteiger partial charge is 0.493 e. The van der Waals surface area contributed by atoms with E-state index in [1.165, 1.54) is 22.9 Å². The molecule has 5 rings (SSSR count). The van der Waals surface area contributed by atoms with Crippen molar-refractivity contribution >= 4 is 16.9 Å². The second-order valence-electron chi connectivity index (χ2n) is 8.04. The topological polar surface area (TPSA) is 47.6 Å². The second kappa shape index (κ2) is 7.12. The van der Waals surface area contributed by atoms with Crippen molar-refractivity contribution in [1.29, 1.82) is 0 Å². The summed E-state index contributed by atoms with van der Waals surface area (Å²) >= 11 is 1.51. The van der Waals surface area contributed by atoms with Crippen LogP contribution in [-0.4, -0.2) is 30.6 Å². The molecule has 2 heterocycles. The standard InChI is InChI=1S/C23H25NO3S/c1-26-19-8-7-16-11-18-17-14-28-20(25)12-23(17,9-10-24-18)21(16)22(19)27-13-15-5-3-2-4-6-15/h2-8,17-18,24H,9-14H2,1H3/t17-,18+,23-/m1/s1. The van der Waals surface area contributed by atoms with Crippen molar-refractivity contribution in [1.82, 2.24) is 5.32 Å². The van der Waals surface area contributed by atoms with Crippen molar-refractivity contribution in [2.45, 2.75) is 37.3 Å². The first-order valence-electron chi connectivity index (χ1n) is 9.97. The van der Waals surface area contributed by atoms with Gasteiger partial charge in [0.1, 0.15) is 6.61 Å². The molecule has 2 aromatic rings. The quantitative estimate of drug-likeness (QED) is 0.855. The van der Waals surface area contributed by atoms with Crippen LogP contribution in [0.1, 0.15) is 29.5 Å². The third kappa shape index (κ3) is 2.83. The van der Waals surface area contributed by atoms with Gasteiger partial charge in [-0.1, -0.05) is 48.2 Å². The molecular weight excluding hydrogens is 370 g/mol. The van der Waals surface area contributed by atoms with Gasteiger partial charge in [0.15, 0.2) is 16.6 Å². The maximum Gasteiger partial charge on any atom is 0.189 e. The molecule has 28 heavy (non-hydrogen) atoms. The average molecular weight is 396 g/mol. The summed E-state index contributed by atoms with van der Waals surface area (Å²) in [7, 11) is 1.70. The summed E-state index contributed by atoms with van der Waals surface area (Å²) in [6.07, 6.45) is 2.56. The van der Waals surface area contributed by atoms with Gasteiger partial charge in [-0.25, -0.2) is 0 Å². The third-order valence-electron chi connectivity index (χ3n) is 6.65. The van der Waals surface area contributed by atoms with Gasteiger partial charge in [0, 0.05) is 29.2 Å². The number of rotatable bonds is 4. The summed E-state index contributed by atoms with van der Waals surface area (Å²) in [4.78, 5) is 12.5. The van der Waals surface area contributed by atoms with Crippen LogP contribution in [0.2, 0.25) is 0 Å². The van der Waals surface area contributed by atoms with Gasteiger partial charge in [0.25, 0.3) is 0 Å². The minimum atomic E-state index is -0.133. The highest BCUT2D eigenvalue weighted by Gasteiger charge is 2.55. The van der Waals surface area contributed by atoms with Gasteiger partial charge >= 0.3 is 0 Å². The normalized spacial score (nSPS) is 28.2. The number of nitrogens with one attached hydrogen (secondary N) is 1. The number of methoxy groups -OCH3 is 1. The number of carbonyl (C=O) groups is 1. The van der Waals surface area contributed by atoms with Crippen LogP contribution in [0, 0.1) is 5.92 Å². The third-order valence-corrected chi connectivity index (χ3v) is 7.64. The van der Waals surface area contributed by atoms with E-state index >= 15 is 0 Å². The number of piperidine rings is 1. The van der Waals surface area contributed by atoms with Gasteiger partial charge in [0.2, 0.25) is 0 Å². The molecule has 0 radical (unpaired) electrons. The van der Waals surface area contributed by atoms with Crippen LogP contribution in [0.25, 0.3) is 0 Å². The van der Waals surface area contributed by atoms with E-state index < -0.39 is 0 Å². The Morgan fingerprint density at radius 2 is 2.07 bits per heavy atom. The molecule has 2 aliphatic heterocycles. The Morgan fingerprint density at radius 3 is 2.89 bits per heavy atom. The van der Waals surface area contributed by atoms with Gasteiger partial charge in [-0.05, 0) is 42.5 Å². The Kier molecular flexibility index (Phi) is 4.60. The van der Waals surface area contributed by atoms with Crippen LogP contribution in [0.3, 0.4) is 0 Å². The molecule has 1 aliphatic carbocycles. The lowest BCUT2D eigenvalue weighted by Crippen LogP contribution is -2.61. The van der Waals surface area contributed by atoms with E-state index in [9.17, 15) is 4.79 Å². The van der Waals surface area contributed by atoms with Crippen LogP contribution in [0.15, 0.2) is 42.5 Å². The van der Waals surface area contributed by atoms with Crippen molar-refractivity contribution < 1.29 is 14.3 Å². The van der Waals surface area contributed by atoms with Gasteiger partial charge in [-0.15, -0.1) is 0 Å². The molecule has 146 valence electrons. The maximum atomic E-state index is 12.5. The highest BCUT2D eigenvalue weighted by Crippen LogP contribution is 2.57. The van der Waals surface area contributed by atoms with Crippen LogP contribution in [0.4, 0.5) is 0 Å². The van der Waals surface area contributed by atoms with Crippen LogP contribution >= 0.6 is 11.8 Å². The zero-order valence-corrected chi connectivity index (χ0v) is 16.9. The van der Waals surface area contributed by atoms with Crippen LogP contribution in [0.5, 0.6) is 11.5 Å². The minimum absolute atomic E-state index is 0.133. The second-order valence-corrected chi connectivity index (χ2v) is 9.12. The summed E-state index contributed by atoms with van der Waals surface area (Å²) < 4.78 is 12.1. The molecule has 0 unspecified atom stereocenters. The van der Waals surface area contributed by atoms with E-state index in [0.29, 0.717) is 30.1 Å². The first-order chi connectivity index (χ1) is 13.7. The predicted molar refractivity (Wildman–Crippen MR) is 111 cm³/mol. The number of carbonyl (C=O) groups excluding carboxylic acids is 1. The van der Waals surface area contributed by atoms with Crippen molar-refractivity contribution in [2.75, 3.05) is 19.4 Å². The van der Waals surface area contributed by atoms with Gasteiger partial charge in [0.05, 0.1) is 7.11 Å². The van der Waals surface area contributed by atoms with Crippen LogP contribution in [-0.2, 0) is 23.2 Å². The lowest BCUT2D eigenvalue weighted by Gasteiger charge is -2.55. The smallest absolute Gasteiger partial charge is 0.189 e. The zero-order valence-electron chi connectivity index (χ0n) is 16.1. The van der Waals surface area contributed by atoms with Gasteiger partial charge in [-0.3, -0.25) is 4.79 Å². The zero-order chi connectivity index (χ0) is 19.1. The Morgan fingerprint density at radius 1 is 1.21 bits per heavy atom. The fourth-order valence-corrected chi connectivity index (χ4v) is 6.66. The molecule has 2 saturated heterocycles. The highest BCUT2D eigenvalue weighted by atomic mass is 32.2. The van der Waals surface area contributed by atoms with E-state index in [1.54, 1.807) is 7.11 Å². The first kappa shape index (κ1) is 18.1. The SMILES string of the molecule is COc1ccc2c(c1OCc1ccccc1)[C@@]13CCN[C@@H](C2)[C@H]1CSC(=O)C3. The Hall–Kier alpha value is -1.98. The first-order valence-corrected chi connectivity index (χ1v) is 11.0. The van der Waals surface area contributed by atoms with E-state index in [0.717, 1.165) is 42.2 Å². The molecule has 3 atom stereocenters. The molecule has 1 N–H and O–H groups in total. The molecule has 5 heteroatoms.